The molecule has 1 N–H and O–H groups in total. The van der Waals surface area contributed by atoms with E-state index in [1.165, 1.54) is 6.92 Å². The molecule has 0 aliphatic carbocycles. The van der Waals surface area contributed by atoms with E-state index < -0.39 is 12.8 Å². The van der Waals surface area contributed by atoms with E-state index in [1.54, 1.807) is 23.0 Å². The highest BCUT2D eigenvalue weighted by Crippen LogP contribution is 2.03. The smallest absolute Gasteiger partial charge is 0.161 e. The summed E-state index contributed by atoms with van der Waals surface area (Å²) in [5.74, 6) is -0.0338. The minimum atomic E-state index is -0.993. The lowest BCUT2D eigenvalue weighted by atomic mass is 10.2. The van der Waals surface area contributed by atoms with Crippen LogP contribution in [0.3, 0.4) is 0 Å². The van der Waals surface area contributed by atoms with Gasteiger partial charge >= 0.3 is 0 Å². The third kappa shape index (κ3) is 2.66. The number of nitrogens with zero attached hydrogens (tertiary/aromatic N) is 1. The number of hydrogen-bond donors (Lipinski definition) is 1. The molecule has 0 bridgehead atoms. The van der Waals surface area contributed by atoms with Gasteiger partial charge in [0.05, 0.1) is 6.54 Å². The monoisotopic (exact) mass is 185 g/mol. The molecule has 1 heterocycles. The van der Waals surface area contributed by atoms with Gasteiger partial charge in [-0.25, -0.2) is 4.39 Å². The zero-order chi connectivity index (χ0) is 9.84. The fourth-order valence-corrected chi connectivity index (χ4v) is 1.05. The maximum absolute atomic E-state index is 11.9. The van der Waals surface area contributed by atoms with Crippen molar-refractivity contribution >= 4 is 5.78 Å². The number of rotatable bonds is 4. The van der Waals surface area contributed by atoms with Gasteiger partial charge in [0.2, 0.25) is 0 Å². The molecule has 1 rings (SSSR count). The summed E-state index contributed by atoms with van der Waals surface area (Å²) in [5.41, 5.74) is 0.575. The molecule has 0 fully saturated rings. The van der Waals surface area contributed by atoms with Crippen molar-refractivity contribution in [3.63, 3.8) is 0 Å². The Morgan fingerprint density at radius 1 is 1.77 bits per heavy atom. The maximum Gasteiger partial charge on any atom is 0.161 e. The Bertz CT molecular complexity index is 296. The molecule has 0 aliphatic heterocycles. The normalized spacial score (nSPS) is 12.8. The molecular formula is C9H12FNO2. The molecule has 72 valence electrons. The molecule has 1 aromatic heterocycles. The van der Waals surface area contributed by atoms with Crippen LogP contribution in [0.2, 0.25) is 0 Å². The molecule has 0 aromatic carbocycles. The zero-order valence-corrected chi connectivity index (χ0v) is 7.40. The van der Waals surface area contributed by atoms with E-state index >= 15 is 0 Å². The lowest BCUT2D eigenvalue weighted by Gasteiger charge is -2.06. The lowest BCUT2D eigenvalue weighted by molar-refractivity contribution is 0.101. The van der Waals surface area contributed by atoms with Crippen LogP contribution in [0.1, 0.15) is 17.3 Å². The molecule has 4 heteroatoms. The molecule has 3 nitrogen and oxygen atoms in total. The first-order chi connectivity index (χ1) is 6.13. The largest absolute Gasteiger partial charge is 0.389 e. The lowest BCUT2D eigenvalue weighted by Crippen LogP contribution is -2.16. The number of alkyl halides is 1. The van der Waals surface area contributed by atoms with Crippen molar-refractivity contribution in [1.82, 2.24) is 4.57 Å². The molecule has 1 aromatic rings. The van der Waals surface area contributed by atoms with Gasteiger partial charge in [-0.2, -0.15) is 0 Å². The predicted molar refractivity (Wildman–Crippen MR) is 46.4 cm³/mol. The number of aliphatic hydroxyl groups is 1. The van der Waals surface area contributed by atoms with Crippen molar-refractivity contribution in [3.8, 4) is 0 Å². The second kappa shape index (κ2) is 4.18. The Kier molecular flexibility index (Phi) is 3.19. The fourth-order valence-electron chi connectivity index (χ4n) is 1.05. The van der Waals surface area contributed by atoms with Crippen LogP contribution in [0.15, 0.2) is 18.5 Å². The molecule has 0 spiro atoms. The van der Waals surface area contributed by atoms with E-state index in [9.17, 15) is 9.18 Å². The van der Waals surface area contributed by atoms with Crippen molar-refractivity contribution in [2.24, 2.45) is 0 Å². The van der Waals surface area contributed by atoms with Gasteiger partial charge in [0.25, 0.3) is 0 Å². The highest BCUT2D eigenvalue weighted by Gasteiger charge is 2.06. The SMILES string of the molecule is CC(=O)c1ccn(CC(O)CF)c1. The van der Waals surface area contributed by atoms with Gasteiger partial charge < -0.3 is 9.67 Å². The van der Waals surface area contributed by atoms with Gasteiger partial charge in [0.15, 0.2) is 5.78 Å². The van der Waals surface area contributed by atoms with Crippen LogP contribution >= 0.6 is 0 Å². The van der Waals surface area contributed by atoms with Crippen molar-refractivity contribution in [2.75, 3.05) is 6.67 Å². The summed E-state index contributed by atoms with van der Waals surface area (Å²) in [5, 5.41) is 8.98. The predicted octanol–water partition coefficient (Wildman–Crippen LogP) is 1.02. The Morgan fingerprint density at radius 2 is 2.46 bits per heavy atom. The summed E-state index contributed by atoms with van der Waals surface area (Å²) in [6.45, 7) is 0.878. The quantitative estimate of drug-likeness (QED) is 0.711. The molecule has 1 atom stereocenters. The number of aromatic nitrogens is 1. The maximum atomic E-state index is 11.9. The van der Waals surface area contributed by atoms with E-state index in [4.69, 9.17) is 5.11 Å². The molecular weight excluding hydrogens is 173 g/mol. The van der Waals surface area contributed by atoms with Gasteiger partial charge in [-0.3, -0.25) is 4.79 Å². The van der Waals surface area contributed by atoms with Crippen LogP contribution in [0.5, 0.6) is 0 Å². The Morgan fingerprint density at radius 3 is 2.92 bits per heavy atom. The summed E-state index contributed by atoms with van der Waals surface area (Å²) in [6.07, 6.45) is 2.25. The van der Waals surface area contributed by atoms with Crippen molar-refractivity contribution in [1.29, 1.82) is 0 Å². The van der Waals surface area contributed by atoms with E-state index in [0.29, 0.717) is 5.56 Å². The van der Waals surface area contributed by atoms with E-state index in [1.807, 2.05) is 0 Å². The summed E-state index contributed by atoms with van der Waals surface area (Å²) < 4.78 is 13.5. The number of carbonyl (C=O) groups excluding carboxylic acids is 1. The third-order valence-electron chi connectivity index (χ3n) is 1.76. The van der Waals surface area contributed by atoms with Gasteiger partial charge in [-0.1, -0.05) is 0 Å². The van der Waals surface area contributed by atoms with Crippen LogP contribution in [0, 0.1) is 0 Å². The minimum Gasteiger partial charge on any atom is -0.389 e. The molecule has 0 saturated carbocycles. The third-order valence-corrected chi connectivity index (χ3v) is 1.76. The van der Waals surface area contributed by atoms with Crippen LogP contribution < -0.4 is 0 Å². The topological polar surface area (TPSA) is 42.2 Å². The average Bonchev–Trinajstić information content (AvgIpc) is 2.52. The minimum absolute atomic E-state index is 0.0338. The summed E-state index contributed by atoms with van der Waals surface area (Å²) >= 11 is 0. The van der Waals surface area contributed by atoms with Gasteiger partial charge in [0.1, 0.15) is 12.8 Å². The Labute approximate surface area is 75.8 Å². The number of ketones is 1. The van der Waals surface area contributed by atoms with Crippen molar-refractivity contribution < 1.29 is 14.3 Å². The van der Waals surface area contributed by atoms with Crippen LogP contribution in [-0.4, -0.2) is 28.2 Å². The van der Waals surface area contributed by atoms with Crippen LogP contribution in [0.25, 0.3) is 0 Å². The summed E-state index contributed by atoms with van der Waals surface area (Å²) in [6, 6.07) is 1.65. The fraction of sp³-hybridized carbons (Fsp3) is 0.444. The van der Waals surface area contributed by atoms with Crippen LogP contribution in [-0.2, 0) is 6.54 Å². The molecule has 0 radical (unpaired) electrons. The number of aliphatic hydroxyl groups excluding tert-OH is 1. The second-order valence-electron chi connectivity index (χ2n) is 2.96. The number of halogens is 1. The average molecular weight is 185 g/mol. The molecule has 1 unspecified atom stereocenters. The van der Waals surface area contributed by atoms with Gasteiger partial charge in [0, 0.05) is 18.0 Å². The first kappa shape index (κ1) is 9.92. The van der Waals surface area contributed by atoms with Crippen LogP contribution in [0.4, 0.5) is 4.39 Å². The van der Waals surface area contributed by atoms with Crippen molar-refractivity contribution in [2.45, 2.75) is 19.6 Å². The number of hydrogen-bond acceptors (Lipinski definition) is 2. The number of carbonyl (C=O) groups is 1. The molecule has 0 amide bonds. The summed E-state index contributed by atoms with van der Waals surface area (Å²) in [7, 11) is 0. The van der Waals surface area contributed by atoms with Gasteiger partial charge in [-0.15, -0.1) is 0 Å². The zero-order valence-electron chi connectivity index (χ0n) is 7.40. The first-order valence-electron chi connectivity index (χ1n) is 4.04. The van der Waals surface area contributed by atoms with E-state index in [0.717, 1.165) is 0 Å². The van der Waals surface area contributed by atoms with E-state index in [-0.39, 0.29) is 12.3 Å². The molecule has 0 aliphatic rings. The van der Waals surface area contributed by atoms with Crippen molar-refractivity contribution in [3.05, 3.63) is 24.0 Å². The highest BCUT2D eigenvalue weighted by atomic mass is 19.1. The Hall–Kier alpha value is -1.16. The Balaban J connectivity index is 2.64. The standard InChI is InChI=1S/C9H12FNO2/c1-7(12)8-2-3-11(5-8)6-9(13)4-10/h2-3,5,9,13H,4,6H2,1H3. The molecule has 13 heavy (non-hydrogen) atoms. The van der Waals surface area contributed by atoms with Gasteiger partial charge in [-0.05, 0) is 13.0 Å². The highest BCUT2D eigenvalue weighted by molar-refractivity contribution is 5.93. The summed E-state index contributed by atoms with van der Waals surface area (Å²) in [4.78, 5) is 10.9. The molecule has 0 saturated heterocycles. The van der Waals surface area contributed by atoms with E-state index in [2.05, 4.69) is 0 Å². The first-order valence-corrected chi connectivity index (χ1v) is 4.04. The second-order valence-corrected chi connectivity index (χ2v) is 2.96. The number of Topliss-reactive ketones (excluding diaryl/α,β-unsaturated/α-hetero) is 1.